The maximum absolute atomic E-state index is 12.2. The zero-order valence-electron chi connectivity index (χ0n) is 14.6. The van der Waals surface area contributed by atoms with E-state index in [1.165, 1.54) is 13.3 Å². The molecular formula is C16H17N2O9P-2. The maximum atomic E-state index is 12.2. The second kappa shape index (κ2) is 8.00. The Kier molecular flexibility index (Phi) is 5.84. The van der Waals surface area contributed by atoms with Gasteiger partial charge in [0, 0.05) is 12.6 Å². The van der Waals surface area contributed by atoms with Gasteiger partial charge in [-0.3, -0.25) is 14.3 Å². The molecule has 3 rings (SSSR count). The highest BCUT2D eigenvalue weighted by Crippen LogP contribution is 2.32. The number of rotatable bonds is 6. The summed E-state index contributed by atoms with van der Waals surface area (Å²) in [4.78, 5) is 47.8. The van der Waals surface area contributed by atoms with Gasteiger partial charge in [0.1, 0.15) is 18.1 Å². The fourth-order valence-corrected chi connectivity index (χ4v) is 3.21. The number of phosphoric acid groups is 1. The van der Waals surface area contributed by atoms with Gasteiger partial charge in [0.2, 0.25) is 0 Å². The molecule has 152 valence electrons. The van der Waals surface area contributed by atoms with Crippen molar-refractivity contribution in [1.29, 1.82) is 0 Å². The van der Waals surface area contributed by atoms with Crippen molar-refractivity contribution >= 4 is 7.82 Å². The standard InChI is InChI=1S/C16H19N2O9P/c1-25-10-4-2-9(3-5-10)11-7-18(16(21)17-15(11)20)14-6-12(19)13(27-14)8-26-28(22,23)24/h2-5,7,12-14,19H,6,8H2,1H3,(H,17,20,21)(H2,22,23,24)/p-2. The highest BCUT2D eigenvalue weighted by atomic mass is 31.2. The number of phosphoric ester groups is 1. The first-order valence-corrected chi connectivity index (χ1v) is 9.64. The number of methoxy groups -OCH3 is 1. The van der Waals surface area contributed by atoms with E-state index in [1.54, 1.807) is 24.3 Å². The summed E-state index contributed by atoms with van der Waals surface area (Å²) in [5.74, 6) is 0.590. The normalized spacial score (nSPS) is 22.4. The second-order valence-electron chi connectivity index (χ2n) is 6.11. The summed E-state index contributed by atoms with van der Waals surface area (Å²) in [5.41, 5.74) is -0.667. The van der Waals surface area contributed by atoms with Gasteiger partial charge in [-0.2, -0.15) is 0 Å². The van der Waals surface area contributed by atoms with E-state index in [9.17, 15) is 29.0 Å². The molecule has 0 radical (unpaired) electrons. The first kappa shape index (κ1) is 20.5. The number of nitrogens with zero attached hydrogens (tertiary/aromatic N) is 1. The molecule has 11 nitrogen and oxygen atoms in total. The van der Waals surface area contributed by atoms with E-state index >= 15 is 0 Å². The van der Waals surface area contributed by atoms with Gasteiger partial charge in [-0.05, 0) is 17.7 Å². The molecule has 1 aliphatic heterocycles. The lowest BCUT2D eigenvalue weighted by molar-refractivity contribution is -0.343. The van der Waals surface area contributed by atoms with Crippen molar-refractivity contribution in [3.05, 3.63) is 51.3 Å². The molecule has 3 atom stereocenters. The number of benzene rings is 1. The van der Waals surface area contributed by atoms with Gasteiger partial charge < -0.3 is 33.5 Å². The van der Waals surface area contributed by atoms with Crippen LogP contribution in [0.25, 0.3) is 11.1 Å². The Morgan fingerprint density at radius 3 is 2.61 bits per heavy atom. The van der Waals surface area contributed by atoms with Gasteiger partial charge in [-0.15, -0.1) is 0 Å². The predicted octanol–water partition coefficient (Wildman–Crippen LogP) is -1.29. The minimum atomic E-state index is -5.22. The van der Waals surface area contributed by atoms with E-state index in [1.807, 2.05) is 0 Å². The van der Waals surface area contributed by atoms with Crippen LogP contribution in [0.3, 0.4) is 0 Å². The fraction of sp³-hybridized carbons (Fsp3) is 0.375. The largest absolute Gasteiger partial charge is 0.790 e. The molecule has 0 spiro atoms. The Morgan fingerprint density at radius 2 is 2.00 bits per heavy atom. The third kappa shape index (κ3) is 4.58. The van der Waals surface area contributed by atoms with Crippen LogP contribution in [0.15, 0.2) is 40.1 Å². The molecule has 1 aromatic heterocycles. The number of hydrogen-bond acceptors (Lipinski definition) is 9. The maximum Gasteiger partial charge on any atom is 0.330 e. The van der Waals surface area contributed by atoms with Crippen molar-refractivity contribution in [2.45, 2.75) is 24.9 Å². The molecule has 2 heterocycles. The lowest BCUT2D eigenvalue weighted by Crippen LogP contribution is -2.33. The van der Waals surface area contributed by atoms with Gasteiger partial charge in [-0.25, -0.2) is 4.79 Å². The van der Waals surface area contributed by atoms with E-state index < -0.39 is 44.1 Å². The molecule has 1 fully saturated rings. The topological polar surface area (TPSA) is 166 Å². The van der Waals surface area contributed by atoms with Crippen molar-refractivity contribution in [2.24, 2.45) is 0 Å². The van der Waals surface area contributed by atoms with Gasteiger partial charge in [0.25, 0.3) is 5.56 Å². The number of H-pyrrole nitrogens is 1. The Bertz CT molecular complexity index is 994. The number of ether oxygens (including phenoxy) is 2. The van der Waals surface area contributed by atoms with Crippen LogP contribution in [0.4, 0.5) is 0 Å². The molecule has 1 aliphatic rings. The van der Waals surface area contributed by atoms with Crippen molar-refractivity contribution in [1.82, 2.24) is 9.55 Å². The summed E-state index contributed by atoms with van der Waals surface area (Å²) in [6.45, 7) is -0.675. The van der Waals surface area contributed by atoms with E-state index in [2.05, 4.69) is 9.51 Å². The Balaban J connectivity index is 1.87. The third-order valence-electron chi connectivity index (χ3n) is 4.28. The lowest BCUT2D eigenvalue weighted by Gasteiger charge is -2.30. The van der Waals surface area contributed by atoms with E-state index in [4.69, 9.17) is 9.47 Å². The third-order valence-corrected chi connectivity index (χ3v) is 4.75. The molecule has 3 unspecified atom stereocenters. The molecule has 0 aliphatic carbocycles. The van der Waals surface area contributed by atoms with Crippen LogP contribution in [-0.4, -0.2) is 40.6 Å². The number of aromatic nitrogens is 2. The van der Waals surface area contributed by atoms with E-state index in [-0.39, 0.29) is 12.0 Å². The van der Waals surface area contributed by atoms with E-state index in [0.29, 0.717) is 11.3 Å². The van der Waals surface area contributed by atoms with Crippen molar-refractivity contribution in [3.8, 4) is 16.9 Å². The predicted molar refractivity (Wildman–Crippen MR) is 91.4 cm³/mol. The van der Waals surface area contributed by atoms with Crippen LogP contribution < -0.4 is 25.8 Å². The molecule has 1 aromatic carbocycles. The Morgan fingerprint density at radius 1 is 1.32 bits per heavy atom. The zero-order valence-corrected chi connectivity index (χ0v) is 15.5. The summed E-state index contributed by atoms with van der Waals surface area (Å²) in [6.07, 6.45) is -2.05. The number of aliphatic hydroxyl groups is 1. The monoisotopic (exact) mass is 412 g/mol. The molecular weight excluding hydrogens is 395 g/mol. The Hall–Kier alpha value is -2.27. The van der Waals surface area contributed by atoms with Crippen LogP contribution in [0.2, 0.25) is 0 Å². The summed E-state index contributed by atoms with van der Waals surface area (Å²) < 4.78 is 26.3. The number of aliphatic hydroxyl groups excluding tert-OH is 1. The van der Waals surface area contributed by atoms with E-state index in [0.717, 1.165) is 4.57 Å². The first-order valence-electron chi connectivity index (χ1n) is 8.18. The number of nitrogens with one attached hydrogen (secondary N) is 1. The number of hydrogen-bond donors (Lipinski definition) is 2. The van der Waals surface area contributed by atoms with Crippen molar-refractivity contribution < 1.29 is 33.5 Å². The second-order valence-corrected chi connectivity index (χ2v) is 7.27. The minimum Gasteiger partial charge on any atom is -0.790 e. The highest BCUT2D eigenvalue weighted by Gasteiger charge is 2.36. The summed E-state index contributed by atoms with van der Waals surface area (Å²) in [5, 5.41) is 10.0. The lowest BCUT2D eigenvalue weighted by atomic mass is 10.1. The van der Waals surface area contributed by atoms with Crippen molar-refractivity contribution in [3.63, 3.8) is 0 Å². The van der Waals surface area contributed by atoms with Crippen LogP contribution in [0, 0.1) is 0 Å². The molecule has 0 amide bonds. The molecule has 2 aromatic rings. The van der Waals surface area contributed by atoms with Gasteiger partial charge in [0.05, 0.1) is 33.2 Å². The Labute approximate surface area is 158 Å². The van der Waals surface area contributed by atoms with Gasteiger partial charge in [0.15, 0.2) is 0 Å². The fourth-order valence-electron chi connectivity index (χ4n) is 2.88. The molecule has 12 heteroatoms. The summed E-state index contributed by atoms with van der Waals surface area (Å²) in [6, 6.07) is 6.58. The van der Waals surface area contributed by atoms with Crippen LogP contribution in [0.5, 0.6) is 5.75 Å². The van der Waals surface area contributed by atoms with Crippen LogP contribution in [-0.2, 0) is 13.8 Å². The molecule has 0 saturated carbocycles. The SMILES string of the molecule is COc1ccc(-c2cn(C3CC(O)C(COP(=O)([O-])[O-])O3)c(=O)[nH]c2=O)cc1. The van der Waals surface area contributed by atoms with Gasteiger partial charge >= 0.3 is 5.69 Å². The molecule has 1 saturated heterocycles. The number of aromatic amines is 1. The first-order chi connectivity index (χ1) is 13.2. The molecule has 2 N–H and O–H groups in total. The highest BCUT2D eigenvalue weighted by molar-refractivity contribution is 7.43. The summed E-state index contributed by atoms with van der Waals surface area (Å²) >= 11 is 0. The smallest absolute Gasteiger partial charge is 0.330 e. The summed E-state index contributed by atoms with van der Waals surface area (Å²) in [7, 11) is -3.72. The minimum absolute atomic E-state index is 0.0654. The average Bonchev–Trinajstić information content (AvgIpc) is 3.00. The van der Waals surface area contributed by atoms with Gasteiger partial charge in [-0.1, -0.05) is 12.1 Å². The molecule has 28 heavy (non-hydrogen) atoms. The average molecular weight is 412 g/mol. The van der Waals surface area contributed by atoms with Crippen LogP contribution in [0.1, 0.15) is 12.6 Å². The molecule has 0 bridgehead atoms. The quantitative estimate of drug-likeness (QED) is 0.549. The van der Waals surface area contributed by atoms with Crippen LogP contribution >= 0.6 is 7.82 Å². The zero-order chi connectivity index (χ0) is 20.5. The van der Waals surface area contributed by atoms with Crippen molar-refractivity contribution in [2.75, 3.05) is 13.7 Å².